The number of carbonyl (C=O) groups excluding carboxylic acids is 1. The van der Waals surface area contributed by atoms with Crippen LogP contribution in [0.1, 0.15) is 19.2 Å². The summed E-state index contributed by atoms with van der Waals surface area (Å²) >= 11 is 0. The van der Waals surface area contributed by atoms with Gasteiger partial charge in [0, 0.05) is 45.2 Å². The number of aliphatic carboxylic acids is 3. The number of carboxylic acid groups (broad SMARTS) is 3. The molecule has 0 saturated carbocycles. The number of halogens is 6. The van der Waals surface area contributed by atoms with E-state index in [-0.39, 0.29) is 5.91 Å². The van der Waals surface area contributed by atoms with E-state index < -0.39 is 30.3 Å². The summed E-state index contributed by atoms with van der Waals surface area (Å²) in [6, 6.07) is 0. The molecule has 0 bridgehead atoms. The molecule has 11 nitrogen and oxygen atoms in total. The van der Waals surface area contributed by atoms with Crippen LogP contribution >= 0.6 is 0 Å². The Hall–Kier alpha value is -3.37. The standard InChI is InChI=1S/C8H14N4O.2C2HF3O2.C2H4O2/c9-3-1-8(13)12-4-2-7-10-5-6-11-7;2*3-2(4,5)1(6)7;1-2(3)4/h5-6H,1-4,9H2,(H,10,11)(H,12,13);2*(H,6,7);1H3,(H,3,4). The minimum absolute atomic E-state index is 0.00550. The molecule has 0 saturated heterocycles. The van der Waals surface area contributed by atoms with Crippen molar-refractivity contribution in [3.63, 3.8) is 0 Å². The number of nitrogens with one attached hydrogen (secondary N) is 2. The molecule has 0 aromatic carbocycles. The molecule has 17 heteroatoms. The van der Waals surface area contributed by atoms with Gasteiger partial charge in [0.05, 0.1) is 0 Å². The van der Waals surface area contributed by atoms with Crippen LogP contribution in [0.5, 0.6) is 0 Å². The lowest BCUT2D eigenvalue weighted by Crippen LogP contribution is -2.27. The van der Waals surface area contributed by atoms with Gasteiger partial charge in [-0.05, 0) is 0 Å². The van der Waals surface area contributed by atoms with Crippen LogP contribution in [0.4, 0.5) is 26.3 Å². The number of aromatic nitrogens is 2. The van der Waals surface area contributed by atoms with E-state index in [4.69, 9.17) is 35.4 Å². The van der Waals surface area contributed by atoms with Crippen LogP contribution in [0, 0.1) is 0 Å². The Labute approximate surface area is 170 Å². The number of H-pyrrole nitrogens is 1. The topological polar surface area (TPSA) is 196 Å². The summed E-state index contributed by atoms with van der Waals surface area (Å²) in [7, 11) is 0. The first kappa shape index (κ1) is 32.3. The maximum Gasteiger partial charge on any atom is 0.490 e. The first-order valence-corrected chi connectivity index (χ1v) is 7.69. The lowest BCUT2D eigenvalue weighted by molar-refractivity contribution is -0.193. The molecule has 1 amide bonds. The fourth-order valence-electron chi connectivity index (χ4n) is 0.974. The van der Waals surface area contributed by atoms with Crippen molar-refractivity contribution in [2.45, 2.75) is 32.1 Å². The number of alkyl halides is 6. The van der Waals surface area contributed by atoms with Crippen molar-refractivity contribution < 1.29 is 60.8 Å². The van der Waals surface area contributed by atoms with Gasteiger partial charge in [0.2, 0.25) is 5.91 Å². The lowest BCUT2D eigenvalue weighted by Gasteiger charge is -2.01. The van der Waals surface area contributed by atoms with E-state index in [1.165, 1.54) is 0 Å². The molecule has 0 aliphatic rings. The molecule has 0 unspecified atom stereocenters. The Morgan fingerprint density at radius 1 is 1.03 bits per heavy atom. The largest absolute Gasteiger partial charge is 0.490 e. The molecule has 0 spiro atoms. The van der Waals surface area contributed by atoms with Gasteiger partial charge in [-0.1, -0.05) is 0 Å². The molecule has 31 heavy (non-hydrogen) atoms. The first-order chi connectivity index (χ1) is 13.9. The fourth-order valence-corrected chi connectivity index (χ4v) is 0.974. The number of imidazole rings is 1. The highest BCUT2D eigenvalue weighted by Gasteiger charge is 2.38. The molecule has 0 atom stereocenters. The summed E-state index contributed by atoms with van der Waals surface area (Å²) in [5.74, 6) is -5.47. The highest BCUT2D eigenvalue weighted by Crippen LogP contribution is 2.13. The third-order valence-corrected chi connectivity index (χ3v) is 2.10. The normalized spacial score (nSPS) is 10.1. The Bertz CT molecular complexity index is 635. The average Bonchev–Trinajstić information content (AvgIpc) is 3.07. The maximum absolute atomic E-state index is 10.9. The van der Waals surface area contributed by atoms with Gasteiger partial charge in [-0.3, -0.25) is 9.59 Å². The van der Waals surface area contributed by atoms with E-state index in [1.54, 1.807) is 12.4 Å². The van der Waals surface area contributed by atoms with Gasteiger partial charge in [-0.2, -0.15) is 26.3 Å². The highest BCUT2D eigenvalue weighted by molar-refractivity contribution is 5.76. The summed E-state index contributed by atoms with van der Waals surface area (Å²) in [6.07, 6.45) is -5.60. The maximum atomic E-state index is 10.9. The van der Waals surface area contributed by atoms with Crippen molar-refractivity contribution in [1.29, 1.82) is 0 Å². The molecule has 7 N–H and O–H groups in total. The molecular formula is C14H20F6N4O7. The number of hydrogen-bond donors (Lipinski definition) is 6. The monoisotopic (exact) mass is 470 g/mol. The molecular weight excluding hydrogens is 450 g/mol. The number of carboxylic acids is 3. The smallest absolute Gasteiger partial charge is 0.481 e. The molecule has 1 aromatic rings. The Morgan fingerprint density at radius 2 is 1.42 bits per heavy atom. The van der Waals surface area contributed by atoms with E-state index in [9.17, 15) is 31.1 Å². The number of hydrogen-bond acceptors (Lipinski definition) is 6. The summed E-state index contributed by atoms with van der Waals surface area (Å²) in [6.45, 7) is 2.08. The number of nitrogens with two attached hydrogens (primary N) is 1. The third kappa shape index (κ3) is 26.6. The summed E-state index contributed by atoms with van der Waals surface area (Å²) < 4.78 is 63.5. The molecule has 180 valence electrons. The van der Waals surface area contributed by atoms with Gasteiger partial charge in [0.25, 0.3) is 5.97 Å². The molecule has 0 fully saturated rings. The van der Waals surface area contributed by atoms with Crippen LogP contribution in [0.25, 0.3) is 0 Å². The van der Waals surface area contributed by atoms with Crippen molar-refractivity contribution in [3.05, 3.63) is 18.2 Å². The SMILES string of the molecule is CC(=O)O.NCCC(=O)NCCc1ncc[nH]1.O=C(O)C(F)(F)F.O=C(O)C(F)(F)F. The number of nitrogens with zero attached hydrogens (tertiary/aromatic N) is 1. The van der Waals surface area contributed by atoms with Crippen molar-refractivity contribution in [1.82, 2.24) is 15.3 Å². The van der Waals surface area contributed by atoms with Gasteiger partial charge >= 0.3 is 24.3 Å². The van der Waals surface area contributed by atoms with E-state index in [0.29, 0.717) is 19.5 Å². The van der Waals surface area contributed by atoms with E-state index >= 15 is 0 Å². The first-order valence-electron chi connectivity index (χ1n) is 7.69. The van der Waals surface area contributed by atoms with Crippen LogP contribution in [-0.2, 0) is 25.6 Å². The van der Waals surface area contributed by atoms with Crippen LogP contribution in [0.15, 0.2) is 12.4 Å². The molecule has 1 rings (SSSR count). The van der Waals surface area contributed by atoms with E-state index in [0.717, 1.165) is 19.2 Å². The van der Waals surface area contributed by atoms with Crippen LogP contribution in [0.2, 0.25) is 0 Å². The van der Waals surface area contributed by atoms with Gasteiger partial charge in [-0.15, -0.1) is 0 Å². The predicted molar refractivity (Wildman–Crippen MR) is 89.7 cm³/mol. The van der Waals surface area contributed by atoms with Crippen molar-refractivity contribution in [2.24, 2.45) is 5.73 Å². The Balaban J connectivity index is -0.000000373. The quantitative estimate of drug-likeness (QED) is 0.337. The van der Waals surface area contributed by atoms with Crippen LogP contribution in [0.3, 0.4) is 0 Å². The van der Waals surface area contributed by atoms with Crippen LogP contribution < -0.4 is 11.1 Å². The molecule has 1 aromatic heterocycles. The summed E-state index contributed by atoms with van der Waals surface area (Å²) in [4.78, 5) is 44.7. The fraction of sp³-hybridized carbons (Fsp3) is 0.500. The van der Waals surface area contributed by atoms with Crippen molar-refractivity contribution >= 4 is 23.8 Å². The number of rotatable bonds is 5. The molecule has 0 aliphatic heterocycles. The van der Waals surface area contributed by atoms with Gasteiger partial charge in [0.15, 0.2) is 0 Å². The zero-order valence-corrected chi connectivity index (χ0v) is 15.8. The minimum Gasteiger partial charge on any atom is -0.481 e. The number of amides is 1. The van der Waals surface area contributed by atoms with Gasteiger partial charge in [-0.25, -0.2) is 14.6 Å². The molecule has 0 radical (unpaired) electrons. The van der Waals surface area contributed by atoms with Gasteiger partial charge < -0.3 is 31.4 Å². The Kier molecular flexibility index (Phi) is 17.1. The van der Waals surface area contributed by atoms with E-state index in [1.807, 2.05) is 0 Å². The zero-order chi connectivity index (χ0) is 25.3. The third-order valence-electron chi connectivity index (χ3n) is 2.10. The Morgan fingerprint density at radius 3 is 1.68 bits per heavy atom. The predicted octanol–water partition coefficient (Wildman–Crippen LogP) is 0.775. The highest BCUT2D eigenvalue weighted by atomic mass is 19.4. The summed E-state index contributed by atoms with van der Waals surface area (Å²) in [5.41, 5.74) is 5.22. The summed E-state index contributed by atoms with van der Waals surface area (Å²) in [5, 5.41) is 24.4. The van der Waals surface area contributed by atoms with Gasteiger partial charge in [0.1, 0.15) is 5.82 Å². The minimum atomic E-state index is -5.08. The number of aromatic amines is 1. The van der Waals surface area contributed by atoms with Crippen molar-refractivity contribution in [3.8, 4) is 0 Å². The second kappa shape index (κ2) is 16.4. The van der Waals surface area contributed by atoms with E-state index in [2.05, 4.69) is 15.3 Å². The lowest BCUT2D eigenvalue weighted by atomic mass is 10.3. The number of carbonyl (C=O) groups is 4. The average molecular weight is 470 g/mol. The van der Waals surface area contributed by atoms with Crippen molar-refractivity contribution in [2.75, 3.05) is 13.1 Å². The second-order valence-electron chi connectivity index (χ2n) is 4.80. The zero-order valence-electron chi connectivity index (χ0n) is 15.8. The second-order valence-corrected chi connectivity index (χ2v) is 4.80. The molecule has 1 heterocycles. The van der Waals surface area contributed by atoms with Crippen LogP contribution in [-0.4, -0.2) is 74.5 Å². The molecule has 0 aliphatic carbocycles.